The number of pyridine rings is 1. The normalized spacial score (nSPS) is 11.4. The minimum Gasteiger partial charge on any atom is -0.379 e. The zero-order valence-electron chi connectivity index (χ0n) is 15.9. The number of rotatable bonds is 6. The van der Waals surface area contributed by atoms with Gasteiger partial charge in [-0.05, 0) is 42.5 Å². The van der Waals surface area contributed by atoms with Crippen molar-refractivity contribution in [3.05, 3.63) is 90.3 Å². The summed E-state index contributed by atoms with van der Waals surface area (Å²) in [4.78, 5) is 3.33. The summed E-state index contributed by atoms with van der Waals surface area (Å²) < 4.78 is 53.7. The summed E-state index contributed by atoms with van der Waals surface area (Å²) in [6.07, 6.45) is -1.76. The van der Waals surface area contributed by atoms with Crippen LogP contribution < -0.4 is 10.6 Å². The van der Waals surface area contributed by atoms with Crippen molar-refractivity contribution in [2.75, 3.05) is 10.6 Å². The van der Waals surface area contributed by atoms with E-state index in [0.29, 0.717) is 22.8 Å². The maximum atomic E-state index is 13.9. The van der Waals surface area contributed by atoms with Gasteiger partial charge >= 0.3 is 6.18 Å². The molecule has 0 bridgehead atoms. The van der Waals surface area contributed by atoms with Gasteiger partial charge in [0, 0.05) is 17.6 Å². The molecule has 158 valence electrons. The van der Waals surface area contributed by atoms with Crippen LogP contribution in [0.25, 0.3) is 5.69 Å². The number of anilines is 3. The molecule has 2 N–H and O–H groups in total. The Hall–Kier alpha value is -3.95. The number of nitrogens with zero attached hydrogens (tertiary/aromatic N) is 4. The molecule has 0 spiro atoms. The van der Waals surface area contributed by atoms with E-state index in [0.717, 1.165) is 12.3 Å². The van der Waals surface area contributed by atoms with Crippen LogP contribution in [0, 0.1) is 5.82 Å². The Morgan fingerprint density at radius 2 is 1.77 bits per heavy atom. The third kappa shape index (κ3) is 4.97. The lowest BCUT2D eigenvalue weighted by Crippen LogP contribution is -2.09. The van der Waals surface area contributed by atoms with Crippen molar-refractivity contribution in [2.24, 2.45) is 0 Å². The van der Waals surface area contributed by atoms with Gasteiger partial charge < -0.3 is 10.6 Å². The summed E-state index contributed by atoms with van der Waals surface area (Å²) in [6, 6.07) is 15.9. The van der Waals surface area contributed by atoms with Crippen LogP contribution in [0.1, 0.15) is 11.4 Å². The van der Waals surface area contributed by atoms with Gasteiger partial charge in [-0.3, -0.25) is 4.98 Å². The van der Waals surface area contributed by atoms with Crippen molar-refractivity contribution < 1.29 is 17.6 Å². The van der Waals surface area contributed by atoms with E-state index < -0.39 is 11.9 Å². The van der Waals surface area contributed by atoms with E-state index in [1.165, 1.54) is 16.8 Å². The predicted molar refractivity (Wildman–Crippen MR) is 108 cm³/mol. The fraction of sp³-hybridized carbons (Fsp3) is 0.0952. The van der Waals surface area contributed by atoms with E-state index in [4.69, 9.17) is 0 Å². The van der Waals surface area contributed by atoms with E-state index in [1.807, 2.05) is 0 Å². The van der Waals surface area contributed by atoms with Gasteiger partial charge in [-0.15, -0.1) is 5.10 Å². The zero-order valence-corrected chi connectivity index (χ0v) is 15.9. The van der Waals surface area contributed by atoms with Crippen molar-refractivity contribution in [2.45, 2.75) is 12.7 Å². The van der Waals surface area contributed by atoms with E-state index in [9.17, 15) is 17.6 Å². The highest BCUT2D eigenvalue weighted by Crippen LogP contribution is 2.29. The summed E-state index contributed by atoms with van der Waals surface area (Å²) >= 11 is 0. The highest BCUT2D eigenvalue weighted by molar-refractivity contribution is 5.62. The van der Waals surface area contributed by atoms with E-state index >= 15 is 0 Å². The van der Waals surface area contributed by atoms with E-state index in [-0.39, 0.29) is 18.0 Å². The highest BCUT2D eigenvalue weighted by Gasteiger charge is 2.32. The Balaban J connectivity index is 1.45. The topological polar surface area (TPSA) is 67.7 Å². The summed E-state index contributed by atoms with van der Waals surface area (Å²) in [7, 11) is 0. The SMILES string of the molecule is Fc1ccccc1Nc1cccc(-n2cc(CNc3ccnc(C(F)(F)F)c3)nn2)c1. The molecule has 0 aliphatic heterocycles. The molecule has 31 heavy (non-hydrogen) atoms. The molecule has 0 atom stereocenters. The molecule has 0 saturated heterocycles. The van der Waals surface area contributed by atoms with E-state index in [1.54, 1.807) is 48.7 Å². The largest absolute Gasteiger partial charge is 0.433 e. The van der Waals surface area contributed by atoms with Crippen LogP contribution in [0.4, 0.5) is 34.6 Å². The molecule has 0 radical (unpaired) electrons. The lowest BCUT2D eigenvalue weighted by molar-refractivity contribution is -0.141. The van der Waals surface area contributed by atoms with Crippen LogP contribution in [0.2, 0.25) is 0 Å². The molecule has 0 unspecified atom stereocenters. The number of alkyl halides is 3. The monoisotopic (exact) mass is 428 g/mol. The van der Waals surface area contributed by atoms with Gasteiger partial charge in [-0.2, -0.15) is 13.2 Å². The van der Waals surface area contributed by atoms with Crippen LogP contribution in [-0.4, -0.2) is 20.0 Å². The average molecular weight is 428 g/mol. The molecule has 0 fully saturated rings. The second kappa shape index (κ2) is 8.42. The predicted octanol–water partition coefficient (Wildman–Crippen LogP) is 5.18. The Morgan fingerprint density at radius 3 is 2.58 bits per heavy atom. The average Bonchev–Trinajstić information content (AvgIpc) is 3.23. The molecule has 6 nitrogen and oxygen atoms in total. The second-order valence-corrected chi connectivity index (χ2v) is 6.59. The minimum absolute atomic E-state index is 0.175. The Labute approximate surface area is 174 Å². The molecular formula is C21H16F4N6. The minimum atomic E-state index is -4.51. The van der Waals surface area contributed by atoms with Crippen LogP contribution in [0.15, 0.2) is 73.1 Å². The van der Waals surface area contributed by atoms with Gasteiger partial charge in [0.1, 0.15) is 17.2 Å². The molecule has 10 heteroatoms. The fourth-order valence-corrected chi connectivity index (χ4v) is 2.84. The van der Waals surface area contributed by atoms with E-state index in [2.05, 4.69) is 25.9 Å². The summed E-state index contributed by atoms with van der Waals surface area (Å²) in [6.45, 7) is 0.175. The molecule has 0 aliphatic rings. The Kier molecular flexibility index (Phi) is 5.52. The second-order valence-electron chi connectivity index (χ2n) is 6.59. The van der Waals surface area contributed by atoms with Gasteiger partial charge in [0.05, 0.1) is 24.1 Å². The first kappa shape index (κ1) is 20.3. The number of aromatic nitrogens is 4. The van der Waals surface area contributed by atoms with Crippen molar-refractivity contribution >= 4 is 17.1 Å². The molecule has 0 aliphatic carbocycles. The molecular weight excluding hydrogens is 412 g/mol. The van der Waals surface area contributed by atoms with Crippen molar-refractivity contribution in [1.82, 2.24) is 20.0 Å². The van der Waals surface area contributed by atoms with Gasteiger partial charge in [0.25, 0.3) is 0 Å². The third-order valence-electron chi connectivity index (χ3n) is 4.33. The maximum absolute atomic E-state index is 13.9. The van der Waals surface area contributed by atoms with Gasteiger partial charge in [-0.25, -0.2) is 9.07 Å². The van der Waals surface area contributed by atoms with Crippen molar-refractivity contribution in [1.29, 1.82) is 0 Å². The maximum Gasteiger partial charge on any atom is 0.433 e. The first-order valence-electron chi connectivity index (χ1n) is 9.19. The van der Waals surface area contributed by atoms with Crippen LogP contribution in [0.5, 0.6) is 0 Å². The number of nitrogens with one attached hydrogen (secondary N) is 2. The number of hydrogen-bond acceptors (Lipinski definition) is 5. The smallest absolute Gasteiger partial charge is 0.379 e. The first-order chi connectivity index (χ1) is 14.9. The van der Waals surface area contributed by atoms with Crippen molar-refractivity contribution in [3.8, 4) is 5.69 Å². The standard InChI is InChI=1S/C21H16F4N6/c22-18-6-1-2-7-19(18)28-15-4-3-5-17(10-15)31-13-16(29-30-31)12-27-14-8-9-26-20(11-14)21(23,24)25/h1-11,13,28H,12H2,(H,26,27). The Bertz CT molecular complexity index is 1190. The molecule has 2 aromatic heterocycles. The zero-order chi connectivity index (χ0) is 21.8. The van der Waals surface area contributed by atoms with Crippen LogP contribution >= 0.6 is 0 Å². The fourth-order valence-electron chi connectivity index (χ4n) is 2.84. The quantitative estimate of drug-likeness (QED) is 0.415. The van der Waals surface area contributed by atoms with Crippen molar-refractivity contribution in [3.63, 3.8) is 0 Å². The molecule has 2 heterocycles. The van der Waals surface area contributed by atoms with Gasteiger partial charge in [-0.1, -0.05) is 23.4 Å². The Morgan fingerprint density at radius 1 is 0.935 bits per heavy atom. The molecule has 4 aromatic rings. The first-order valence-corrected chi connectivity index (χ1v) is 9.19. The molecule has 0 amide bonds. The summed E-state index contributed by atoms with van der Waals surface area (Å²) in [5, 5.41) is 14.0. The molecule has 0 saturated carbocycles. The highest BCUT2D eigenvalue weighted by atomic mass is 19.4. The number of hydrogen-bond donors (Lipinski definition) is 2. The lowest BCUT2D eigenvalue weighted by Gasteiger charge is -2.09. The van der Waals surface area contributed by atoms with Gasteiger partial charge in [0.15, 0.2) is 0 Å². The lowest BCUT2D eigenvalue weighted by atomic mass is 10.2. The van der Waals surface area contributed by atoms with Crippen LogP contribution in [-0.2, 0) is 12.7 Å². The van der Waals surface area contributed by atoms with Gasteiger partial charge in [0.2, 0.25) is 0 Å². The number of benzene rings is 2. The molecule has 2 aromatic carbocycles. The number of para-hydroxylation sites is 1. The third-order valence-corrected chi connectivity index (χ3v) is 4.33. The van der Waals surface area contributed by atoms with Crippen LogP contribution in [0.3, 0.4) is 0 Å². The number of halogens is 4. The summed E-state index contributed by atoms with van der Waals surface area (Å²) in [5.41, 5.74) is 1.52. The summed E-state index contributed by atoms with van der Waals surface area (Å²) in [5.74, 6) is -0.369. The molecule has 4 rings (SSSR count).